The third-order valence-corrected chi connectivity index (χ3v) is 6.95. The van der Waals surface area contributed by atoms with Crippen LogP contribution in [0.5, 0.6) is 0 Å². The number of imidazole rings is 1. The largest absolute Gasteiger partial charge is 0.386 e. The van der Waals surface area contributed by atoms with Gasteiger partial charge in [0.15, 0.2) is 0 Å². The van der Waals surface area contributed by atoms with Crippen molar-refractivity contribution in [2.24, 2.45) is 5.92 Å². The quantitative estimate of drug-likeness (QED) is 0.431. The molecule has 0 bridgehead atoms. The second-order valence-corrected chi connectivity index (χ2v) is 9.11. The molecule has 4 N–H and O–H groups in total. The number of H-pyrrole nitrogens is 1. The summed E-state index contributed by atoms with van der Waals surface area (Å²) in [6.07, 6.45) is 10.9. The van der Waals surface area contributed by atoms with E-state index in [1.54, 1.807) is 6.20 Å². The molecule has 0 atom stereocenters. The minimum absolute atomic E-state index is 0.414. The van der Waals surface area contributed by atoms with Crippen LogP contribution < -0.4 is 11.1 Å². The van der Waals surface area contributed by atoms with E-state index in [0.29, 0.717) is 23.7 Å². The fraction of sp³-hybridized carbons (Fsp3) is 0.360. The number of rotatable bonds is 5. The maximum atomic E-state index is 6.34. The monoisotopic (exact) mass is 412 g/mol. The molecule has 2 aliphatic rings. The van der Waals surface area contributed by atoms with Crippen LogP contribution in [0.4, 0.5) is 5.82 Å². The van der Waals surface area contributed by atoms with E-state index in [1.807, 2.05) is 12.3 Å². The summed E-state index contributed by atoms with van der Waals surface area (Å²) in [6.45, 7) is 4.32. The first-order chi connectivity index (χ1) is 15.2. The molecule has 6 nitrogen and oxygen atoms in total. The highest BCUT2D eigenvalue weighted by molar-refractivity contribution is 5.91. The molecule has 2 fully saturated rings. The van der Waals surface area contributed by atoms with Gasteiger partial charge in [-0.2, -0.15) is 0 Å². The van der Waals surface area contributed by atoms with E-state index in [-0.39, 0.29) is 0 Å². The molecule has 0 spiro atoms. The number of allylic oxidation sites excluding steroid dienone is 1. The Labute approximate surface area is 181 Å². The molecule has 1 aromatic carbocycles. The molecule has 6 heteroatoms. The molecule has 0 amide bonds. The normalized spacial score (nSPS) is 21.5. The molecule has 2 aliphatic carbocycles. The first-order valence-corrected chi connectivity index (χ1v) is 11.3. The fourth-order valence-electron chi connectivity index (χ4n) is 5.07. The highest BCUT2D eigenvalue weighted by Crippen LogP contribution is 2.40. The molecule has 0 aliphatic heterocycles. The van der Waals surface area contributed by atoms with E-state index in [0.717, 1.165) is 53.9 Å². The average molecular weight is 413 g/mol. The predicted molar refractivity (Wildman–Crippen MR) is 125 cm³/mol. The van der Waals surface area contributed by atoms with Gasteiger partial charge in [0, 0.05) is 41.0 Å². The van der Waals surface area contributed by atoms with Gasteiger partial charge < -0.3 is 16.0 Å². The zero-order chi connectivity index (χ0) is 20.9. The number of nitrogens with zero attached hydrogens (tertiary/aromatic N) is 3. The molecular formula is C25H28N6. The van der Waals surface area contributed by atoms with Gasteiger partial charge in [-0.3, -0.25) is 4.40 Å². The van der Waals surface area contributed by atoms with Crippen molar-refractivity contribution in [1.29, 1.82) is 0 Å². The molecule has 0 unspecified atom stereocenters. The van der Waals surface area contributed by atoms with E-state index in [2.05, 4.69) is 50.5 Å². The van der Waals surface area contributed by atoms with Gasteiger partial charge in [0.05, 0.1) is 5.69 Å². The van der Waals surface area contributed by atoms with Crippen LogP contribution >= 0.6 is 0 Å². The summed E-state index contributed by atoms with van der Waals surface area (Å²) in [5, 5.41) is 4.78. The Morgan fingerprint density at radius 2 is 1.94 bits per heavy atom. The molecule has 158 valence electrons. The third kappa shape index (κ3) is 3.26. The van der Waals surface area contributed by atoms with Gasteiger partial charge in [0.1, 0.15) is 22.9 Å². The average Bonchev–Trinajstić information content (AvgIpc) is 3.35. The maximum absolute atomic E-state index is 6.34. The summed E-state index contributed by atoms with van der Waals surface area (Å²) in [7, 11) is 0. The van der Waals surface area contributed by atoms with Gasteiger partial charge in [0.2, 0.25) is 0 Å². The fourth-order valence-corrected chi connectivity index (χ4v) is 5.07. The molecular weight excluding hydrogens is 384 g/mol. The van der Waals surface area contributed by atoms with Crippen LogP contribution in [0.15, 0.2) is 55.0 Å². The van der Waals surface area contributed by atoms with Gasteiger partial charge in [0.25, 0.3) is 0 Å². The van der Waals surface area contributed by atoms with Gasteiger partial charge in [-0.15, -0.1) is 0 Å². The van der Waals surface area contributed by atoms with Crippen molar-refractivity contribution >= 4 is 22.2 Å². The van der Waals surface area contributed by atoms with Crippen molar-refractivity contribution in [3.05, 3.63) is 60.8 Å². The van der Waals surface area contributed by atoms with Crippen molar-refractivity contribution in [2.45, 2.75) is 50.5 Å². The topological polar surface area (TPSA) is 84.0 Å². The third-order valence-electron chi connectivity index (χ3n) is 6.95. The number of nitrogen functional groups attached to an aromatic ring is 1. The number of anilines is 1. The molecule has 0 saturated heterocycles. The highest BCUT2D eigenvalue weighted by atomic mass is 15.1. The van der Waals surface area contributed by atoms with Gasteiger partial charge >= 0.3 is 0 Å². The van der Waals surface area contributed by atoms with Crippen LogP contribution in [0, 0.1) is 5.92 Å². The first kappa shape index (κ1) is 18.5. The van der Waals surface area contributed by atoms with Gasteiger partial charge in [-0.05, 0) is 56.6 Å². The van der Waals surface area contributed by atoms with Crippen molar-refractivity contribution in [1.82, 2.24) is 24.7 Å². The number of nitrogens with two attached hydrogens (primary N) is 1. The van der Waals surface area contributed by atoms with Crippen LogP contribution in [0.2, 0.25) is 0 Å². The summed E-state index contributed by atoms with van der Waals surface area (Å²) >= 11 is 0. The lowest BCUT2D eigenvalue weighted by Gasteiger charge is -2.29. The van der Waals surface area contributed by atoms with Crippen molar-refractivity contribution in [3.8, 4) is 11.4 Å². The minimum Gasteiger partial charge on any atom is -0.386 e. The second kappa shape index (κ2) is 7.15. The number of hydrogen-bond acceptors (Lipinski definition) is 4. The zero-order valence-electron chi connectivity index (χ0n) is 17.6. The number of aromatic nitrogens is 4. The van der Waals surface area contributed by atoms with Crippen LogP contribution in [0.25, 0.3) is 27.8 Å². The number of hydrogen-bond donors (Lipinski definition) is 3. The lowest BCUT2D eigenvalue weighted by Crippen LogP contribution is -2.25. The summed E-state index contributed by atoms with van der Waals surface area (Å²) in [4.78, 5) is 13.0. The standard InChI is InChI=1S/C25H28N6/c1-15(28-19-10-11-19)16-6-8-17(9-7-16)25-30-22(23-24(26)27-12-13-31(23)25)21-14-18-4-2-3-5-20(18)29-21/h2-5,12-14,16-17,19,28-29H,1,6-11H2,(H2,26,27). The summed E-state index contributed by atoms with van der Waals surface area (Å²) in [5.41, 5.74) is 11.4. The Morgan fingerprint density at radius 3 is 2.71 bits per heavy atom. The van der Waals surface area contributed by atoms with Gasteiger partial charge in [-0.1, -0.05) is 24.8 Å². The Hall–Kier alpha value is -3.28. The van der Waals surface area contributed by atoms with Crippen molar-refractivity contribution in [3.63, 3.8) is 0 Å². The summed E-state index contributed by atoms with van der Waals surface area (Å²) in [6, 6.07) is 11.1. The van der Waals surface area contributed by atoms with Crippen LogP contribution in [-0.4, -0.2) is 25.4 Å². The number of para-hydroxylation sites is 1. The van der Waals surface area contributed by atoms with Crippen LogP contribution in [-0.2, 0) is 0 Å². The Morgan fingerprint density at radius 1 is 1.13 bits per heavy atom. The zero-order valence-corrected chi connectivity index (χ0v) is 17.6. The summed E-state index contributed by atoms with van der Waals surface area (Å²) < 4.78 is 2.16. The predicted octanol–water partition coefficient (Wildman–Crippen LogP) is 5.00. The number of fused-ring (bicyclic) bond motifs is 2. The van der Waals surface area contributed by atoms with E-state index >= 15 is 0 Å². The number of nitrogens with one attached hydrogen (secondary N) is 2. The molecule has 2 saturated carbocycles. The summed E-state index contributed by atoms with van der Waals surface area (Å²) in [5.74, 6) is 2.60. The molecule has 0 radical (unpaired) electrons. The Bertz CT molecular complexity index is 1240. The Kier molecular flexibility index (Phi) is 4.26. The lowest BCUT2D eigenvalue weighted by atomic mass is 9.80. The van der Waals surface area contributed by atoms with E-state index in [4.69, 9.17) is 10.7 Å². The maximum Gasteiger partial charge on any atom is 0.150 e. The smallest absolute Gasteiger partial charge is 0.150 e. The van der Waals surface area contributed by atoms with E-state index < -0.39 is 0 Å². The molecule has 4 aromatic rings. The van der Waals surface area contributed by atoms with Crippen LogP contribution in [0.3, 0.4) is 0 Å². The molecule has 6 rings (SSSR count). The molecule has 3 aromatic heterocycles. The van der Waals surface area contributed by atoms with Crippen molar-refractivity contribution < 1.29 is 0 Å². The van der Waals surface area contributed by atoms with E-state index in [9.17, 15) is 0 Å². The highest BCUT2D eigenvalue weighted by Gasteiger charge is 2.30. The van der Waals surface area contributed by atoms with Gasteiger partial charge in [-0.25, -0.2) is 9.97 Å². The second-order valence-electron chi connectivity index (χ2n) is 9.11. The Balaban J connectivity index is 1.34. The lowest BCUT2D eigenvalue weighted by molar-refractivity contribution is 0.342. The molecule has 3 heterocycles. The van der Waals surface area contributed by atoms with E-state index in [1.165, 1.54) is 23.9 Å². The van der Waals surface area contributed by atoms with Crippen molar-refractivity contribution in [2.75, 3.05) is 5.73 Å². The number of aromatic amines is 1. The first-order valence-electron chi connectivity index (χ1n) is 11.3. The van der Waals surface area contributed by atoms with Crippen LogP contribution in [0.1, 0.15) is 50.3 Å². The minimum atomic E-state index is 0.414. The SMILES string of the molecule is C=C(NC1CC1)C1CCC(c2nc(-c3cc4ccccc4[nH]3)c3c(N)nccn23)CC1. The number of benzene rings is 1. The molecule has 31 heavy (non-hydrogen) atoms.